The van der Waals surface area contributed by atoms with Crippen molar-refractivity contribution in [3.63, 3.8) is 0 Å². The van der Waals surface area contributed by atoms with E-state index in [2.05, 4.69) is 6.58 Å². The molecule has 0 saturated heterocycles. The molecule has 14 heavy (non-hydrogen) atoms. The summed E-state index contributed by atoms with van der Waals surface area (Å²) >= 11 is 0. The second-order valence-corrected chi connectivity index (χ2v) is 3.02. The number of esters is 1. The Morgan fingerprint density at radius 1 is 1.57 bits per heavy atom. The minimum atomic E-state index is -0.417. The second kappa shape index (κ2) is 4.58. The van der Waals surface area contributed by atoms with Crippen molar-refractivity contribution in [1.29, 1.82) is 0 Å². The Morgan fingerprint density at radius 2 is 2.29 bits per heavy atom. The molecule has 0 unspecified atom stereocenters. The van der Waals surface area contributed by atoms with Gasteiger partial charge in [0.05, 0.1) is 0 Å². The number of rotatable bonds is 3. The molecule has 0 aliphatic heterocycles. The van der Waals surface area contributed by atoms with Crippen molar-refractivity contribution in [2.75, 3.05) is 0 Å². The monoisotopic (exact) mass is 191 g/mol. The lowest BCUT2D eigenvalue weighted by Crippen LogP contribution is -2.08. The van der Waals surface area contributed by atoms with Gasteiger partial charge in [-0.1, -0.05) is 18.7 Å². The van der Waals surface area contributed by atoms with Crippen LogP contribution in [0.3, 0.4) is 0 Å². The first-order chi connectivity index (χ1) is 6.63. The van der Waals surface area contributed by atoms with Crippen LogP contribution in [-0.2, 0) is 11.3 Å². The molecule has 74 valence electrons. The maximum atomic E-state index is 11.2. The topological polar surface area (TPSA) is 52.3 Å². The van der Waals surface area contributed by atoms with Crippen LogP contribution in [0.5, 0.6) is 5.75 Å². The molecule has 0 saturated carbocycles. The molecule has 0 bridgehead atoms. The van der Waals surface area contributed by atoms with Crippen LogP contribution in [0.4, 0.5) is 0 Å². The number of hydrogen-bond acceptors (Lipinski definition) is 3. The Bertz CT molecular complexity index is 358. The van der Waals surface area contributed by atoms with E-state index in [1.54, 1.807) is 25.1 Å². The van der Waals surface area contributed by atoms with Crippen LogP contribution in [-0.4, -0.2) is 5.97 Å². The van der Waals surface area contributed by atoms with Crippen molar-refractivity contribution >= 4 is 5.97 Å². The molecule has 3 heteroatoms. The number of hydrogen-bond donors (Lipinski definition) is 1. The molecule has 0 aromatic heterocycles. The molecule has 1 rings (SSSR count). The zero-order valence-electron chi connectivity index (χ0n) is 8.12. The van der Waals surface area contributed by atoms with Crippen molar-refractivity contribution in [3.8, 4) is 5.75 Å². The van der Waals surface area contributed by atoms with Gasteiger partial charge in [-0.3, -0.25) is 0 Å². The van der Waals surface area contributed by atoms with Crippen molar-refractivity contribution in [2.24, 2.45) is 5.73 Å². The largest absolute Gasteiger partial charge is 0.423 e. The highest BCUT2D eigenvalue weighted by Gasteiger charge is 2.04. The van der Waals surface area contributed by atoms with Gasteiger partial charge in [0.25, 0.3) is 0 Å². The number of ether oxygens (including phenoxy) is 1. The summed E-state index contributed by atoms with van der Waals surface area (Å²) in [5, 5.41) is 0. The van der Waals surface area contributed by atoms with E-state index in [0.29, 0.717) is 17.9 Å². The molecule has 3 nitrogen and oxygen atoms in total. The lowest BCUT2D eigenvalue weighted by atomic mass is 10.2. The van der Waals surface area contributed by atoms with Gasteiger partial charge in [0.2, 0.25) is 0 Å². The zero-order valence-corrected chi connectivity index (χ0v) is 8.12. The molecule has 2 N–H and O–H groups in total. The van der Waals surface area contributed by atoms with E-state index >= 15 is 0 Å². The first-order valence-corrected chi connectivity index (χ1v) is 4.30. The summed E-state index contributed by atoms with van der Waals surface area (Å²) in [4.78, 5) is 11.2. The highest BCUT2D eigenvalue weighted by molar-refractivity contribution is 5.88. The van der Waals surface area contributed by atoms with Gasteiger partial charge in [-0.2, -0.15) is 0 Å². The number of benzene rings is 1. The van der Waals surface area contributed by atoms with Gasteiger partial charge in [-0.25, -0.2) is 4.79 Å². The van der Waals surface area contributed by atoms with Crippen LogP contribution in [0.25, 0.3) is 0 Å². The van der Waals surface area contributed by atoms with Crippen molar-refractivity contribution in [3.05, 3.63) is 42.0 Å². The predicted molar refractivity (Wildman–Crippen MR) is 54.8 cm³/mol. The summed E-state index contributed by atoms with van der Waals surface area (Å²) in [5.74, 6) is 0.0834. The summed E-state index contributed by atoms with van der Waals surface area (Å²) in [7, 11) is 0. The summed E-state index contributed by atoms with van der Waals surface area (Å²) < 4.78 is 5.02. The normalized spacial score (nSPS) is 9.57. The van der Waals surface area contributed by atoms with Crippen LogP contribution < -0.4 is 10.5 Å². The second-order valence-electron chi connectivity index (χ2n) is 3.02. The average Bonchev–Trinajstić information content (AvgIpc) is 2.18. The first kappa shape index (κ1) is 10.5. The molecule has 0 fully saturated rings. The molecule has 0 atom stereocenters. The van der Waals surface area contributed by atoms with E-state index in [9.17, 15) is 4.79 Å². The van der Waals surface area contributed by atoms with Crippen molar-refractivity contribution in [2.45, 2.75) is 13.5 Å². The average molecular weight is 191 g/mol. The molecule has 1 aromatic carbocycles. The molecule has 1 aromatic rings. The summed E-state index contributed by atoms with van der Waals surface area (Å²) in [6, 6.07) is 7.11. The first-order valence-electron chi connectivity index (χ1n) is 4.30. The quantitative estimate of drug-likeness (QED) is 0.449. The number of nitrogens with two attached hydrogens (primary N) is 1. The summed E-state index contributed by atoms with van der Waals surface area (Å²) in [6.45, 7) is 5.53. The maximum absolute atomic E-state index is 11.2. The predicted octanol–water partition coefficient (Wildman–Crippen LogP) is 1.63. The smallest absolute Gasteiger partial charge is 0.338 e. The molecule has 0 radical (unpaired) electrons. The molecular formula is C11H13NO2. The van der Waals surface area contributed by atoms with Gasteiger partial charge < -0.3 is 10.5 Å². The fourth-order valence-corrected chi connectivity index (χ4v) is 0.930. The van der Waals surface area contributed by atoms with E-state index in [4.69, 9.17) is 10.5 Å². The molecular weight excluding hydrogens is 178 g/mol. The maximum Gasteiger partial charge on any atom is 0.338 e. The Kier molecular flexibility index (Phi) is 3.42. The Labute approximate surface area is 83.2 Å². The van der Waals surface area contributed by atoms with Gasteiger partial charge >= 0.3 is 5.97 Å². The third-order valence-corrected chi connectivity index (χ3v) is 1.69. The van der Waals surface area contributed by atoms with Crippen LogP contribution >= 0.6 is 0 Å². The Hall–Kier alpha value is -1.61. The minimum absolute atomic E-state index is 0.378. The van der Waals surface area contributed by atoms with E-state index in [0.717, 1.165) is 5.56 Å². The van der Waals surface area contributed by atoms with Crippen LogP contribution in [0, 0.1) is 0 Å². The molecule has 0 amide bonds. The van der Waals surface area contributed by atoms with Gasteiger partial charge in [0.1, 0.15) is 5.75 Å². The molecule has 0 aliphatic carbocycles. The third kappa shape index (κ3) is 2.71. The number of carbonyl (C=O) groups excluding carboxylic acids is 1. The van der Waals surface area contributed by atoms with Crippen LogP contribution in [0.15, 0.2) is 36.4 Å². The van der Waals surface area contributed by atoms with E-state index < -0.39 is 5.97 Å². The lowest BCUT2D eigenvalue weighted by Gasteiger charge is -2.04. The van der Waals surface area contributed by atoms with Gasteiger partial charge in [0.15, 0.2) is 0 Å². The van der Waals surface area contributed by atoms with Gasteiger partial charge in [-0.15, -0.1) is 0 Å². The van der Waals surface area contributed by atoms with Crippen molar-refractivity contribution in [1.82, 2.24) is 0 Å². The summed E-state index contributed by atoms with van der Waals surface area (Å²) in [6.07, 6.45) is 0. The SMILES string of the molecule is C=C(C)C(=O)Oc1cccc(CN)c1. The van der Waals surface area contributed by atoms with Crippen molar-refractivity contribution < 1.29 is 9.53 Å². The highest BCUT2D eigenvalue weighted by Crippen LogP contribution is 2.13. The highest BCUT2D eigenvalue weighted by atomic mass is 16.5. The fraction of sp³-hybridized carbons (Fsp3) is 0.182. The Morgan fingerprint density at radius 3 is 2.86 bits per heavy atom. The van der Waals surface area contributed by atoms with Crippen LogP contribution in [0.1, 0.15) is 12.5 Å². The number of carbonyl (C=O) groups is 1. The fourth-order valence-electron chi connectivity index (χ4n) is 0.930. The van der Waals surface area contributed by atoms with E-state index in [-0.39, 0.29) is 0 Å². The zero-order chi connectivity index (χ0) is 10.6. The Balaban J connectivity index is 2.76. The molecule has 0 heterocycles. The van der Waals surface area contributed by atoms with E-state index in [1.165, 1.54) is 0 Å². The minimum Gasteiger partial charge on any atom is -0.423 e. The lowest BCUT2D eigenvalue weighted by molar-refractivity contribution is -0.130. The van der Waals surface area contributed by atoms with E-state index in [1.807, 2.05) is 6.07 Å². The van der Waals surface area contributed by atoms with Gasteiger partial charge in [0, 0.05) is 12.1 Å². The van der Waals surface area contributed by atoms with Crippen LogP contribution in [0.2, 0.25) is 0 Å². The molecule has 0 aliphatic rings. The van der Waals surface area contributed by atoms with Gasteiger partial charge in [-0.05, 0) is 24.6 Å². The summed E-state index contributed by atoms with van der Waals surface area (Å²) in [5.41, 5.74) is 6.76. The third-order valence-electron chi connectivity index (χ3n) is 1.69. The molecule has 0 spiro atoms. The standard InChI is InChI=1S/C11H13NO2/c1-8(2)11(13)14-10-5-3-4-9(6-10)7-12/h3-6H,1,7,12H2,2H3.